The molecule has 0 aliphatic heterocycles. The Balaban J connectivity index is 3.74. The maximum Gasteiger partial charge on any atom is 0.0663 e. The van der Waals surface area contributed by atoms with E-state index < -0.39 is 0 Å². The average Bonchev–Trinajstić information content (AvgIpc) is 1.59. The van der Waals surface area contributed by atoms with Crippen LogP contribution in [-0.2, 0) is 4.74 Å². The lowest BCUT2D eigenvalue weighted by atomic mass is 10.0. The van der Waals surface area contributed by atoms with E-state index in [4.69, 9.17) is 4.74 Å². The summed E-state index contributed by atoms with van der Waals surface area (Å²) in [6, 6.07) is 0. The van der Waals surface area contributed by atoms with Crippen LogP contribution in [0.4, 0.5) is 0 Å². The van der Waals surface area contributed by atoms with Crippen molar-refractivity contribution in [2.45, 2.75) is 39.7 Å². The molecule has 0 aromatic rings. The standard InChI is InChI=1S/C9H18O/c1-6-10-9(4,5)7-8(2)3/h2,6-7H2,1,3-5H3. The van der Waals surface area contributed by atoms with Crippen LogP contribution in [0.25, 0.3) is 0 Å². The normalized spacial score (nSPS) is 11.6. The molecule has 0 amide bonds. The van der Waals surface area contributed by atoms with Crippen molar-refractivity contribution in [3.8, 4) is 0 Å². The molecule has 1 nitrogen and oxygen atoms in total. The summed E-state index contributed by atoms with van der Waals surface area (Å²) < 4.78 is 5.48. The second-order valence-electron chi connectivity index (χ2n) is 3.33. The molecular weight excluding hydrogens is 124 g/mol. The van der Waals surface area contributed by atoms with Crippen LogP contribution in [0.5, 0.6) is 0 Å². The second kappa shape index (κ2) is 3.77. The molecule has 0 N–H and O–H groups in total. The molecule has 0 spiro atoms. The van der Waals surface area contributed by atoms with E-state index in [1.807, 2.05) is 13.8 Å². The SMILES string of the molecule is C=C(C)CC(C)(C)OCC. The highest BCUT2D eigenvalue weighted by Crippen LogP contribution is 2.18. The second-order valence-corrected chi connectivity index (χ2v) is 3.33. The highest BCUT2D eigenvalue weighted by Gasteiger charge is 2.16. The van der Waals surface area contributed by atoms with Crippen molar-refractivity contribution in [1.82, 2.24) is 0 Å². The van der Waals surface area contributed by atoms with E-state index in [9.17, 15) is 0 Å². The van der Waals surface area contributed by atoms with Crippen LogP contribution in [0.2, 0.25) is 0 Å². The van der Waals surface area contributed by atoms with E-state index in [1.165, 1.54) is 5.57 Å². The van der Waals surface area contributed by atoms with E-state index in [2.05, 4.69) is 20.4 Å². The van der Waals surface area contributed by atoms with Gasteiger partial charge in [0.25, 0.3) is 0 Å². The summed E-state index contributed by atoms with van der Waals surface area (Å²) >= 11 is 0. The van der Waals surface area contributed by atoms with Gasteiger partial charge in [0, 0.05) is 6.61 Å². The highest BCUT2D eigenvalue weighted by molar-refractivity contribution is 4.94. The molecule has 0 atom stereocenters. The number of hydrogen-bond donors (Lipinski definition) is 0. The zero-order valence-corrected chi connectivity index (χ0v) is 7.53. The Morgan fingerprint density at radius 1 is 1.50 bits per heavy atom. The Morgan fingerprint density at radius 3 is 2.30 bits per heavy atom. The molecule has 0 rings (SSSR count). The average molecular weight is 142 g/mol. The van der Waals surface area contributed by atoms with Gasteiger partial charge in [0.1, 0.15) is 0 Å². The summed E-state index contributed by atoms with van der Waals surface area (Å²) in [5.41, 5.74) is 1.15. The molecule has 0 aromatic carbocycles. The minimum Gasteiger partial charge on any atom is -0.376 e. The van der Waals surface area contributed by atoms with Crippen molar-refractivity contribution in [3.05, 3.63) is 12.2 Å². The molecule has 10 heavy (non-hydrogen) atoms. The number of rotatable bonds is 4. The van der Waals surface area contributed by atoms with Gasteiger partial charge < -0.3 is 4.74 Å². The summed E-state index contributed by atoms with van der Waals surface area (Å²) in [6.45, 7) is 12.8. The molecule has 0 aliphatic rings. The van der Waals surface area contributed by atoms with Crippen molar-refractivity contribution >= 4 is 0 Å². The van der Waals surface area contributed by atoms with E-state index in [0.29, 0.717) is 0 Å². The van der Waals surface area contributed by atoms with Gasteiger partial charge in [0.05, 0.1) is 5.60 Å². The van der Waals surface area contributed by atoms with Crippen LogP contribution in [0.1, 0.15) is 34.1 Å². The maximum absolute atomic E-state index is 5.48. The van der Waals surface area contributed by atoms with Crippen molar-refractivity contribution in [1.29, 1.82) is 0 Å². The monoisotopic (exact) mass is 142 g/mol. The molecule has 1 heteroatoms. The third kappa shape index (κ3) is 4.57. The van der Waals surface area contributed by atoms with Crippen LogP contribution in [0.15, 0.2) is 12.2 Å². The van der Waals surface area contributed by atoms with Crippen LogP contribution in [0, 0.1) is 0 Å². The molecule has 0 fully saturated rings. The predicted octanol–water partition coefficient (Wildman–Crippen LogP) is 2.77. The summed E-state index contributed by atoms with van der Waals surface area (Å²) in [4.78, 5) is 0. The summed E-state index contributed by atoms with van der Waals surface area (Å²) in [7, 11) is 0. The van der Waals surface area contributed by atoms with Gasteiger partial charge in [-0.3, -0.25) is 0 Å². The summed E-state index contributed by atoms with van der Waals surface area (Å²) in [6.07, 6.45) is 0.945. The lowest BCUT2D eigenvalue weighted by molar-refractivity contribution is -0.00916. The fourth-order valence-electron chi connectivity index (χ4n) is 1.17. The molecular formula is C9H18O. The minimum absolute atomic E-state index is 0.0272. The van der Waals surface area contributed by atoms with E-state index in [0.717, 1.165) is 13.0 Å². The molecule has 0 saturated carbocycles. The predicted molar refractivity (Wildman–Crippen MR) is 45.1 cm³/mol. The lowest BCUT2D eigenvalue weighted by Crippen LogP contribution is -2.24. The van der Waals surface area contributed by atoms with Crippen LogP contribution in [-0.4, -0.2) is 12.2 Å². The first-order valence-electron chi connectivity index (χ1n) is 3.76. The number of ether oxygens (including phenoxy) is 1. The van der Waals surface area contributed by atoms with Crippen LogP contribution < -0.4 is 0 Å². The molecule has 60 valence electrons. The van der Waals surface area contributed by atoms with Gasteiger partial charge in [-0.05, 0) is 34.1 Å². The quantitative estimate of drug-likeness (QED) is 0.548. The van der Waals surface area contributed by atoms with Gasteiger partial charge in [-0.15, -0.1) is 6.58 Å². The lowest BCUT2D eigenvalue weighted by Gasteiger charge is -2.24. The van der Waals surface area contributed by atoms with Gasteiger partial charge in [-0.1, -0.05) is 5.57 Å². The van der Waals surface area contributed by atoms with Crippen LogP contribution >= 0.6 is 0 Å². The van der Waals surface area contributed by atoms with Gasteiger partial charge in [0.2, 0.25) is 0 Å². The molecule has 0 aliphatic carbocycles. The Morgan fingerprint density at radius 2 is 2.00 bits per heavy atom. The molecule has 0 bridgehead atoms. The third-order valence-corrected chi connectivity index (χ3v) is 1.26. The highest BCUT2D eigenvalue weighted by atomic mass is 16.5. The Hall–Kier alpha value is -0.300. The molecule has 0 radical (unpaired) electrons. The smallest absolute Gasteiger partial charge is 0.0663 e. The zero-order valence-electron chi connectivity index (χ0n) is 7.53. The van der Waals surface area contributed by atoms with Crippen LogP contribution in [0.3, 0.4) is 0 Å². The first-order chi connectivity index (χ1) is 4.48. The van der Waals surface area contributed by atoms with Crippen molar-refractivity contribution in [2.75, 3.05) is 6.61 Å². The van der Waals surface area contributed by atoms with Crippen molar-refractivity contribution in [3.63, 3.8) is 0 Å². The topological polar surface area (TPSA) is 9.23 Å². The minimum atomic E-state index is -0.0272. The van der Waals surface area contributed by atoms with Crippen molar-refractivity contribution < 1.29 is 4.74 Å². The molecule has 0 aromatic heterocycles. The van der Waals surface area contributed by atoms with Gasteiger partial charge in [0.15, 0.2) is 0 Å². The van der Waals surface area contributed by atoms with E-state index >= 15 is 0 Å². The first kappa shape index (κ1) is 9.70. The Bertz CT molecular complexity index is 114. The Kier molecular flexibility index (Phi) is 3.66. The fourth-order valence-corrected chi connectivity index (χ4v) is 1.17. The molecule has 0 unspecified atom stereocenters. The zero-order chi connectivity index (χ0) is 8.20. The molecule has 0 heterocycles. The maximum atomic E-state index is 5.48. The van der Waals surface area contributed by atoms with Crippen molar-refractivity contribution in [2.24, 2.45) is 0 Å². The van der Waals surface area contributed by atoms with Gasteiger partial charge in [-0.25, -0.2) is 0 Å². The largest absolute Gasteiger partial charge is 0.376 e. The first-order valence-corrected chi connectivity index (χ1v) is 3.76. The van der Waals surface area contributed by atoms with Gasteiger partial charge >= 0.3 is 0 Å². The van der Waals surface area contributed by atoms with E-state index in [1.54, 1.807) is 0 Å². The summed E-state index contributed by atoms with van der Waals surface area (Å²) in [5.74, 6) is 0. The van der Waals surface area contributed by atoms with E-state index in [-0.39, 0.29) is 5.60 Å². The van der Waals surface area contributed by atoms with Gasteiger partial charge in [-0.2, -0.15) is 0 Å². The summed E-state index contributed by atoms with van der Waals surface area (Å²) in [5, 5.41) is 0. The fraction of sp³-hybridized carbons (Fsp3) is 0.778. The number of hydrogen-bond acceptors (Lipinski definition) is 1. The Labute approximate surface area is 64.1 Å². The molecule has 0 saturated heterocycles. The third-order valence-electron chi connectivity index (χ3n) is 1.26.